The van der Waals surface area contributed by atoms with Crippen LogP contribution < -0.4 is 10.1 Å². The van der Waals surface area contributed by atoms with Gasteiger partial charge in [-0.15, -0.1) is 0 Å². The van der Waals surface area contributed by atoms with Crippen molar-refractivity contribution in [2.45, 2.75) is 33.4 Å². The number of aryl methyl sites for hydroxylation is 1. The molecule has 0 saturated carbocycles. The topological polar surface area (TPSA) is 21.3 Å². The molecule has 1 N–H and O–H groups in total. The van der Waals surface area contributed by atoms with E-state index in [1.54, 1.807) is 0 Å². The van der Waals surface area contributed by atoms with E-state index in [9.17, 15) is 0 Å². The normalized spacial score (nSPS) is 10.7. The predicted molar refractivity (Wildman–Crippen MR) is 88.4 cm³/mol. The van der Waals surface area contributed by atoms with Gasteiger partial charge in [-0.05, 0) is 44.5 Å². The molecule has 2 nitrogen and oxygen atoms in total. The van der Waals surface area contributed by atoms with Crippen LogP contribution >= 0.6 is 15.9 Å². The smallest absolute Gasteiger partial charge is 0.124 e. The van der Waals surface area contributed by atoms with Gasteiger partial charge in [-0.1, -0.05) is 40.2 Å². The first kappa shape index (κ1) is 14.9. The van der Waals surface area contributed by atoms with E-state index in [4.69, 9.17) is 4.74 Å². The Balaban J connectivity index is 2.08. The molecule has 0 bridgehead atoms. The molecule has 0 heterocycles. The molecule has 0 aliphatic heterocycles. The summed E-state index contributed by atoms with van der Waals surface area (Å²) in [6, 6.07) is 14.4. The third-order valence-corrected chi connectivity index (χ3v) is 3.84. The fourth-order valence-corrected chi connectivity index (χ4v) is 2.30. The van der Waals surface area contributed by atoms with E-state index in [2.05, 4.69) is 52.4 Å². The second-order valence-corrected chi connectivity index (χ2v) is 5.95. The summed E-state index contributed by atoms with van der Waals surface area (Å²) in [5, 5.41) is 3.43. The molecular formula is C17H20BrNO. The zero-order valence-corrected chi connectivity index (χ0v) is 13.7. The number of para-hydroxylation sites is 1. The summed E-state index contributed by atoms with van der Waals surface area (Å²) in [6.07, 6.45) is 0.185. The van der Waals surface area contributed by atoms with Crippen molar-refractivity contribution in [1.82, 2.24) is 0 Å². The molecule has 0 unspecified atom stereocenters. The van der Waals surface area contributed by atoms with Crippen LogP contribution in [0.4, 0.5) is 5.69 Å². The van der Waals surface area contributed by atoms with E-state index in [0.717, 1.165) is 28.0 Å². The summed E-state index contributed by atoms with van der Waals surface area (Å²) in [6.45, 7) is 6.92. The number of rotatable bonds is 5. The van der Waals surface area contributed by atoms with Gasteiger partial charge in [0.1, 0.15) is 5.75 Å². The third kappa shape index (κ3) is 4.01. The van der Waals surface area contributed by atoms with Crippen LogP contribution in [0.1, 0.15) is 25.0 Å². The largest absolute Gasteiger partial charge is 0.491 e. The van der Waals surface area contributed by atoms with Crippen molar-refractivity contribution in [3.8, 4) is 5.75 Å². The van der Waals surface area contributed by atoms with Crippen LogP contribution in [0.15, 0.2) is 46.9 Å². The highest BCUT2D eigenvalue weighted by Gasteiger charge is 2.05. The minimum Gasteiger partial charge on any atom is -0.491 e. The van der Waals surface area contributed by atoms with E-state index in [1.165, 1.54) is 5.56 Å². The number of ether oxygens (including phenoxy) is 1. The zero-order valence-electron chi connectivity index (χ0n) is 12.1. The van der Waals surface area contributed by atoms with Crippen molar-refractivity contribution < 1.29 is 4.74 Å². The minimum atomic E-state index is 0.185. The fourth-order valence-electron chi connectivity index (χ4n) is 1.92. The van der Waals surface area contributed by atoms with Gasteiger partial charge < -0.3 is 10.1 Å². The Kier molecular flexibility index (Phi) is 5.07. The van der Waals surface area contributed by atoms with Crippen LogP contribution in [0, 0.1) is 6.92 Å². The summed E-state index contributed by atoms with van der Waals surface area (Å²) < 4.78 is 6.95. The Morgan fingerprint density at radius 3 is 2.60 bits per heavy atom. The van der Waals surface area contributed by atoms with Crippen LogP contribution in [0.2, 0.25) is 0 Å². The molecule has 0 radical (unpaired) electrons. The molecule has 0 aliphatic carbocycles. The number of nitrogens with one attached hydrogen (secondary N) is 1. The number of halogens is 1. The average Bonchev–Trinajstić information content (AvgIpc) is 2.41. The molecule has 0 aromatic heterocycles. The Hall–Kier alpha value is -1.48. The molecule has 0 aliphatic rings. The van der Waals surface area contributed by atoms with Crippen molar-refractivity contribution in [2.75, 3.05) is 5.32 Å². The lowest BCUT2D eigenvalue weighted by molar-refractivity contribution is 0.240. The number of anilines is 1. The Labute approximate surface area is 129 Å². The first-order valence-corrected chi connectivity index (χ1v) is 7.60. The third-order valence-electron chi connectivity index (χ3n) is 2.99. The minimum absolute atomic E-state index is 0.185. The first-order chi connectivity index (χ1) is 9.56. The van der Waals surface area contributed by atoms with Crippen molar-refractivity contribution in [1.29, 1.82) is 0 Å². The van der Waals surface area contributed by atoms with Crippen molar-refractivity contribution in [2.24, 2.45) is 0 Å². The molecule has 0 amide bonds. The predicted octanol–water partition coefficient (Wildman–Crippen LogP) is 5.16. The van der Waals surface area contributed by atoms with Crippen LogP contribution in [0.25, 0.3) is 0 Å². The summed E-state index contributed by atoms with van der Waals surface area (Å²) in [4.78, 5) is 0. The van der Waals surface area contributed by atoms with Crippen LogP contribution in [-0.4, -0.2) is 6.10 Å². The lowest BCUT2D eigenvalue weighted by atomic mass is 10.2. The van der Waals surface area contributed by atoms with Crippen molar-refractivity contribution in [3.05, 3.63) is 58.1 Å². The highest BCUT2D eigenvalue weighted by molar-refractivity contribution is 9.10. The second kappa shape index (κ2) is 6.80. The van der Waals surface area contributed by atoms with Gasteiger partial charge in [0.25, 0.3) is 0 Å². The molecule has 0 fully saturated rings. The van der Waals surface area contributed by atoms with Crippen LogP contribution in [0.5, 0.6) is 5.75 Å². The fraction of sp³-hybridized carbons (Fsp3) is 0.294. The van der Waals surface area contributed by atoms with Gasteiger partial charge in [0.05, 0.1) is 6.10 Å². The van der Waals surface area contributed by atoms with E-state index in [0.29, 0.717) is 0 Å². The molecule has 106 valence electrons. The average molecular weight is 334 g/mol. The lowest BCUT2D eigenvalue weighted by Crippen LogP contribution is -2.09. The van der Waals surface area contributed by atoms with Gasteiger partial charge in [0.2, 0.25) is 0 Å². The molecule has 2 aromatic rings. The summed E-state index contributed by atoms with van der Waals surface area (Å²) in [5.74, 6) is 0.946. The van der Waals surface area contributed by atoms with E-state index < -0.39 is 0 Å². The van der Waals surface area contributed by atoms with E-state index in [-0.39, 0.29) is 6.10 Å². The molecule has 3 heteroatoms. The van der Waals surface area contributed by atoms with Gasteiger partial charge in [-0.2, -0.15) is 0 Å². The summed E-state index contributed by atoms with van der Waals surface area (Å²) >= 11 is 3.55. The lowest BCUT2D eigenvalue weighted by Gasteiger charge is -2.15. The van der Waals surface area contributed by atoms with E-state index in [1.807, 2.05) is 32.0 Å². The Morgan fingerprint density at radius 1 is 1.15 bits per heavy atom. The SMILES string of the molecule is Cc1ccc(NCc2ccccc2OC(C)C)cc1Br. The van der Waals surface area contributed by atoms with Crippen LogP contribution in [0.3, 0.4) is 0 Å². The maximum atomic E-state index is 5.83. The monoisotopic (exact) mass is 333 g/mol. The van der Waals surface area contributed by atoms with Gasteiger partial charge >= 0.3 is 0 Å². The van der Waals surface area contributed by atoms with Gasteiger partial charge in [-0.3, -0.25) is 0 Å². The molecule has 0 atom stereocenters. The molecule has 0 saturated heterocycles. The Morgan fingerprint density at radius 2 is 1.90 bits per heavy atom. The quantitative estimate of drug-likeness (QED) is 0.816. The second-order valence-electron chi connectivity index (χ2n) is 5.09. The van der Waals surface area contributed by atoms with Gasteiger partial charge in [-0.25, -0.2) is 0 Å². The number of hydrogen-bond donors (Lipinski definition) is 1. The van der Waals surface area contributed by atoms with E-state index >= 15 is 0 Å². The maximum Gasteiger partial charge on any atom is 0.124 e. The zero-order chi connectivity index (χ0) is 14.5. The standard InChI is InChI=1S/C17H20BrNO/c1-12(2)20-17-7-5-4-6-14(17)11-19-15-9-8-13(3)16(18)10-15/h4-10,12,19H,11H2,1-3H3. The van der Waals surface area contributed by atoms with Crippen molar-refractivity contribution >= 4 is 21.6 Å². The molecule has 2 aromatic carbocycles. The maximum absolute atomic E-state index is 5.83. The summed E-state index contributed by atoms with van der Waals surface area (Å²) in [7, 11) is 0. The number of hydrogen-bond acceptors (Lipinski definition) is 2. The Bertz CT molecular complexity index is 581. The first-order valence-electron chi connectivity index (χ1n) is 6.81. The highest BCUT2D eigenvalue weighted by Crippen LogP contribution is 2.23. The number of benzene rings is 2. The molecule has 0 spiro atoms. The van der Waals surface area contributed by atoms with Crippen molar-refractivity contribution in [3.63, 3.8) is 0 Å². The van der Waals surface area contributed by atoms with Gasteiger partial charge in [0.15, 0.2) is 0 Å². The highest BCUT2D eigenvalue weighted by atomic mass is 79.9. The van der Waals surface area contributed by atoms with Crippen LogP contribution in [-0.2, 0) is 6.54 Å². The molecule has 20 heavy (non-hydrogen) atoms. The molecular weight excluding hydrogens is 314 g/mol. The van der Waals surface area contributed by atoms with Gasteiger partial charge in [0, 0.05) is 22.3 Å². The summed E-state index contributed by atoms with van der Waals surface area (Å²) in [5.41, 5.74) is 3.50. The molecule has 2 rings (SSSR count).